The van der Waals surface area contributed by atoms with Crippen molar-refractivity contribution in [2.24, 2.45) is 0 Å². The lowest BCUT2D eigenvalue weighted by molar-refractivity contribution is -0.137. The van der Waals surface area contributed by atoms with E-state index in [1.807, 2.05) is 18.7 Å². The third-order valence-corrected chi connectivity index (χ3v) is 3.71. The number of nitrogens with zero attached hydrogens (tertiary/aromatic N) is 2. The molecule has 1 saturated heterocycles. The van der Waals surface area contributed by atoms with Crippen LogP contribution in [0.5, 0.6) is 0 Å². The van der Waals surface area contributed by atoms with Crippen LogP contribution in [-0.4, -0.2) is 30.2 Å². The molecule has 0 aliphatic carbocycles. The van der Waals surface area contributed by atoms with E-state index in [9.17, 15) is 13.2 Å². The van der Waals surface area contributed by atoms with E-state index in [-0.39, 0.29) is 17.7 Å². The number of oxazole rings is 1. The molecule has 1 N–H and O–H groups in total. The zero-order valence-electron chi connectivity index (χ0n) is 11.7. The number of halogens is 3. The van der Waals surface area contributed by atoms with E-state index in [0.717, 1.165) is 18.7 Å². The molecule has 0 radical (unpaired) electrons. The SMILES string of the molecule is C[C@@H]1CN(c2nc3ccc(C(F)(F)F)cc3o2)[C@@H](C)CN1. The van der Waals surface area contributed by atoms with Crippen LogP contribution in [0.25, 0.3) is 11.1 Å². The van der Waals surface area contributed by atoms with Gasteiger partial charge in [0.15, 0.2) is 5.58 Å². The van der Waals surface area contributed by atoms with Crippen LogP contribution in [0.1, 0.15) is 19.4 Å². The maximum Gasteiger partial charge on any atom is 0.416 e. The van der Waals surface area contributed by atoms with Gasteiger partial charge in [0.1, 0.15) is 5.52 Å². The predicted octanol–water partition coefficient (Wildman–Crippen LogP) is 3.03. The number of rotatable bonds is 1. The standard InChI is InChI=1S/C14H16F3N3O/c1-8-7-20(9(2)6-18-8)13-19-11-4-3-10(14(15,16)17)5-12(11)21-13/h3-5,8-9,18H,6-7H2,1-2H3/t8-,9+/m1/s1. The minimum Gasteiger partial charge on any atom is -0.423 e. The molecule has 3 rings (SSSR count). The summed E-state index contributed by atoms with van der Waals surface area (Å²) in [6, 6.07) is 4.21. The third kappa shape index (κ3) is 2.70. The molecule has 2 aromatic rings. The third-order valence-electron chi connectivity index (χ3n) is 3.71. The van der Waals surface area contributed by atoms with Crippen LogP contribution in [0, 0.1) is 0 Å². The fourth-order valence-electron chi connectivity index (χ4n) is 2.50. The van der Waals surface area contributed by atoms with Gasteiger partial charge >= 0.3 is 6.18 Å². The Morgan fingerprint density at radius 3 is 2.81 bits per heavy atom. The number of nitrogens with one attached hydrogen (secondary N) is 1. The molecule has 0 spiro atoms. The highest BCUT2D eigenvalue weighted by atomic mass is 19.4. The van der Waals surface area contributed by atoms with Crippen molar-refractivity contribution < 1.29 is 17.6 Å². The van der Waals surface area contributed by atoms with Gasteiger partial charge in [-0.25, -0.2) is 0 Å². The maximum atomic E-state index is 12.7. The molecule has 1 aromatic carbocycles. The van der Waals surface area contributed by atoms with Gasteiger partial charge in [-0.2, -0.15) is 18.2 Å². The van der Waals surface area contributed by atoms with Crippen molar-refractivity contribution >= 4 is 17.1 Å². The highest BCUT2D eigenvalue weighted by Gasteiger charge is 2.32. The number of anilines is 1. The Balaban J connectivity index is 1.97. The van der Waals surface area contributed by atoms with Crippen LogP contribution >= 0.6 is 0 Å². The molecule has 7 heteroatoms. The predicted molar refractivity (Wildman–Crippen MR) is 73.3 cm³/mol. The number of piperazine rings is 1. The molecule has 2 atom stereocenters. The Bertz CT molecular complexity index is 652. The molecule has 1 aliphatic rings. The van der Waals surface area contributed by atoms with Crippen molar-refractivity contribution in [3.63, 3.8) is 0 Å². The van der Waals surface area contributed by atoms with Gasteiger partial charge in [0.05, 0.1) is 5.56 Å². The first-order valence-corrected chi connectivity index (χ1v) is 6.82. The first-order chi connectivity index (χ1) is 9.84. The summed E-state index contributed by atoms with van der Waals surface area (Å²) in [7, 11) is 0. The smallest absolute Gasteiger partial charge is 0.416 e. The number of hydrogen-bond acceptors (Lipinski definition) is 4. The second-order valence-corrected chi connectivity index (χ2v) is 5.49. The molecule has 4 nitrogen and oxygen atoms in total. The second kappa shape index (κ2) is 4.91. The van der Waals surface area contributed by atoms with Gasteiger partial charge in [0, 0.05) is 25.2 Å². The van der Waals surface area contributed by atoms with Crippen LogP contribution in [0.4, 0.5) is 19.2 Å². The summed E-state index contributed by atoms with van der Waals surface area (Å²) >= 11 is 0. The summed E-state index contributed by atoms with van der Waals surface area (Å²) in [5.74, 6) is 0. The summed E-state index contributed by atoms with van der Waals surface area (Å²) in [5, 5.41) is 3.33. The van der Waals surface area contributed by atoms with Gasteiger partial charge in [0.25, 0.3) is 6.01 Å². The van der Waals surface area contributed by atoms with Gasteiger partial charge in [-0.3, -0.25) is 0 Å². The van der Waals surface area contributed by atoms with Crippen LogP contribution < -0.4 is 10.2 Å². The van der Waals surface area contributed by atoms with Crippen molar-refractivity contribution in [3.8, 4) is 0 Å². The Kier molecular flexibility index (Phi) is 3.32. The lowest BCUT2D eigenvalue weighted by Gasteiger charge is -2.36. The maximum absolute atomic E-state index is 12.7. The molecular weight excluding hydrogens is 283 g/mol. The Morgan fingerprint density at radius 1 is 1.33 bits per heavy atom. The van der Waals surface area contributed by atoms with E-state index >= 15 is 0 Å². The Morgan fingerprint density at radius 2 is 2.10 bits per heavy atom. The number of fused-ring (bicyclic) bond motifs is 1. The van der Waals surface area contributed by atoms with E-state index in [1.54, 1.807) is 0 Å². The van der Waals surface area contributed by atoms with Crippen molar-refractivity contribution in [2.75, 3.05) is 18.0 Å². The highest BCUT2D eigenvalue weighted by molar-refractivity contribution is 5.75. The second-order valence-electron chi connectivity index (χ2n) is 5.49. The highest BCUT2D eigenvalue weighted by Crippen LogP contribution is 2.33. The van der Waals surface area contributed by atoms with E-state index < -0.39 is 11.7 Å². The van der Waals surface area contributed by atoms with E-state index in [1.165, 1.54) is 6.07 Å². The summed E-state index contributed by atoms with van der Waals surface area (Å²) in [5.41, 5.74) is -0.117. The van der Waals surface area contributed by atoms with Crippen LogP contribution in [0.15, 0.2) is 22.6 Å². The van der Waals surface area contributed by atoms with Crippen LogP contribution in [0.3, 0.4) is 0 Å². The minimum absolute atomic E-state index is 0.165. The lowest BCUT2D eigenvalue weighted by atomic mass is 10.1. The molecular formula is C14H16F3N3O. The number of alkyl halides is 3. The van der Waals surface area contributed by atoms with E-state index in [2.05, 4.69) is 10.3 Å². The van der Waals surface area contributed by atoms with Gasteiger partial charge in [-0.15, -0.1) is 0 Å². The summed E-state index contributed by atoms with van der Waals surface area (Å²) in [6.45, 7) is 5.56. The van der Waals surface area contributed by atoms with Gasteiger partial charge in [0.2, 0.25) is 0 Å². The number of hydrogen-bond donors (Lipinski definition) is 1. The van der Waals surface area contributed by atoms with Crippen molar-refractivity contribution in [1.82, 2.24) is 10.3 Å². The molecule has 21 heavy (non-hydrogen) atoms. The molecule has 114 valence electrons. The van der Waals surface area contributed by atoms with Crippen molar-refractivity contribution in [3.05, 3.63) is 23.8 Å². The molecule has 1 fully saturated rings. The largest absolute Gasteiger partial charge is 0.423 e. The Labute approximate surface area is 119 Å². The summed E-state index contributed by atoms with van der Waals surface area (Å²) in [4.78, 5) is 6.29. The average Bonchev–Trinajstić information content (AvgIpc) is 2.83. The zero-order valence-corrected chi connectivity index (χ0v) is 11.7. The average molecular weight is 299 g/mol. The molecule has 0 amide bonds. The summed E-state index contributed by atoms with van der Waals surface area (Å²) in [6.07, 6.45) is -4.38. The van der Waals surface area contributed by atoms with Crippen LogP contribution in [0.2, 0.25) is 0 Å². The molecule has 0 bridgehead atoms. The van der Waals surface area contributed by atoms with Crippen molar-refractivity contribution in [1.29, 1.82) is 0 Å². The first-order valence-electron chi connectivity index (χ1n) is 6.82. The summed E-state index contributed by atoms with van der Waals surface area (Å²) < 4.78 is 43.7. The van der Waals surface area contributed by atoms with Crippen molar-refractivity contribution in [2.45, 2.75) is 32.1 Å². The topological polar surface area (TPSA) is 41.3 Å². The first kappa shape index (κ1) is 14.2. The van der Waals surface area contributed by atoms with Crippen LogP contribution in [-0.2, 0) is 6.18 Å². The number of benzene rings is 1. The van der Waals surface area contributed by atoms with Gasteiger partial charge < -0.3 is 14.6 Å². The van der Waals surface area contributed by atoms with Gasteiger partial charge in [-0.05, 0) is 32.0 Å². The van der Waals surface area contributed by atoms with E-state index in [0.29, 0.717) is 18.1 Å². The normalized spacial score (nSPS) is 23.8. The molecule has 2 heterocycles. The fourth-order valence-corrected chi connectivity index (χ4v) is 2.50. The Hall–Kier alpha value is -1.76. The molecule has 0 unspecified atom stereocenters. The monoisotopic (exact) mass is 299 g/mol. The number of aromatic nitrogens is 1. The van der Waals surface area contributed by atoms with Gasteiger partial charge in [-0.1, -0.05) is 0 Å². The molecule has 0 saturated carbocycles. The lowest BCUT2D eigenvalue weighted by Crippen LogP contribution is -2.54. The zero-order chi connectivity index (χ0) is 15.2. The minimum atomic E-state index is -4.38. The fraction of sp³-hybridized carbons (Fsp3) is 0.500. The quantitative estimate of drug-likeness (QED) is 0.879. The van der Waals surface area contributed by atoms with E-state index in [4.69, 9.17) is 4.42 Å². The molecule has 1 aromatic heterocycles. The molecule has 1 aliphatic heterocycles.